The van der Waals surface area contributed by atoms with Gasteiger partial charge in [0.25, 0.3) is 0 Å². The molecular formula is C8H11N2-. The lowest BCUT2D eigenvalue weighted by molar-refractivity contribution is 0.977. The van der Waals surface area contributed by atoms with Crippen molar-refractivity contribution in [1.29, 1.82) is 0 Å². The van der Waals surface area contributed by atoms with Crippen molar-refractivity contribution in [2.24, 2.45) is 0 Å². The van der Waals surface area contributed by atoms with Crippen LogP contribution in [-0.4, -0.2) is 18.6 Å². The quantitative estimate of drug-likeness (QED) is 0.618. The van der Waals surface area contributed by atoms with Gasteiger partial charge in [-0.2, -0.15) is 7.05 Å². The largest absolute Gasteiger partial charge is 0.665 e. The summed E-state index contributed by atoms with van der Waals surface area (Å²) in [4.78, 5) is 4.16. The molecule has 1 heterocycles. The van der Waals surface area contributed by atoms with E-state index in [-0.39, 0.29) is 0 Å². The molecule has 10 heavy (non-hydrogen) atoms. The molecule has 1 rings (SSSR count). The highest BCUT2D eigenvalue weighted by atomic mass is 14.8. The van der Waals surface area contributed by atoms with Crippen molar-refractivity contribution in [3.05, 3.63) is 35.4 Å². The predicted molar refractivity (Wildman–Crippen MR) is 42.1 cm³/mol. The van der Waals surface area contributed by atoms with Crippen LogP contribution in [0, 0.1) is 0 Å². The molecular weight excluding hydrogens is 124 g/mol. The average molecular weight is 135 g/mol. The van der Waals surface area contributed by atoms with Gasteiger partial charge in [0.1, 0.15) is 0 Å². The van der Waals surface area contributed by atoms with E-state index >= 15 is 0 Å². The lowest BCUT2D eigenvalue weighted by Crippen LogP contribution is -1.92. The van der Waals surface area contributed by atoms with Crippen LogP contribution >= 0.6 is 0 Å². The van der Waals surface area contributed by atoms with E-state index in [1.807, 2.05) is 31.4 Å². The third-order valence-electron chi connectivity index (χ3n) is 1.32. The van der Waals surface area contributed by atoms with Gasteiger partial charge in [-0.25, -0.2) is 0 Å². The number of aromatic nitrogens is 1. The summed E-state index contributed by atoms with van der Waals surface area (Å²) in [7, 11) is 1.82. The molecule has 0 saturated carbocycles. The minimum absolute atomic E-state index is 0.872. The summed E-state index contributed by atoms with van der Waals surface area (Å²) in [5.41, 5.74) is 1.12. The molecule has 0 aliphatic rings. The molecule has 2 heteroatoms. The van der Waals surface area contributed by atoms with Gasteiger partial charge in [-0.1, -0.05) is 6.07 Å². The maximum absolute atomic E-state index is 4.16. The first-order chi connectivity index (χ1) is 4.93. The molecule has 0 atom stereocenters. The van der Waals surface area contributed by atoms with Gasteiger partial charge in [0.2, 0.25) is 0 Å². The summed E-state index contributed by atoms with van der Waals surface area (Å²) in [6.07, 6.45) is 2.77. The van der Waals surface area contributed by atoms with Crippen molar-refractivity contribution in [1.82, 2.24) is 4.98 Å². The number of hydrogen-bond donors (Lipinski definition) is 0. The minimum Gasteiger partial charge on any atom is -0.665 e. The van der Waals surface area contributed by atoms with Gasteiger partial charge < -0.3 is 5.32 Å². The summed E-state index contributed by atoms with van der Waals surface area (Å²) in [6.45, 7) is 0.872. The SMILES string of the molecule is C[N-]CCc1ccccn1. The van der Waals surface area contributed by atoms with Crippen molar-refractivity contribution in [3.8, 4) is 0 Å². The fraction of sp³-hybridized carbons (Fsp3) is 0.375. The number of nitrogens with zero attached hydrogens (tertiary/aromatic N) is 2. The fourth-order valence-corrected chi connectivity index (χ4v) is 0.772. The smallest absolute Gasteiger partial charge is 0.0386 e. The van der Waals surface area contributed by atoms with E-state index in [9.17, 15) is 0 Å². The Morgan fingerprint density at radius 2 is 2.40 bits per heavy atom. The molecule has 0 radical (unpaired) electrons. The van der Waals surface area contributed by atoms with Crippen LogP contribution in [0.1, 0.15) is 5.69 Å². The molecule has 0 aromatic carbocycles. The lowest BCUT2D eigenvalue weighted by Gasteiger charge is -2.08. The Kier molecular flexibility index (Phi) is 2.90. The van der Waals surface area contributed by atoms with Crippen molar-refractivity contribution >= 4 is 0 Å². The van der Waals surface area contributed by atoms with E-state index in [2.05, 4.69) is 10.3 Å². The molecule has 0 unspecified atom stereocenters. The van der Waals surface area contributed by atoms with Crippen molar-refractivity contribution in [2.75, 3.05) is 13.6 Å². The molecule has 54 valence electrons. The third-order valence-corrected chi connectivity index (χ3v) is 1.32. The van der Waals surface area contributed by atoms with Gasteiger partial charge in [-0.3, -0.25) is 4.98 Å². The minimum atomic E-state index is 0.872. The number of likely N-dealkylation sites (N-methyl/N-ethyl adjacent to an activating group) is 1. The standard InChI is InChI=1S/C8H11N2/c1-9-7-5-8-4-2-3-6-10-8/h2-4,6H,5,7H2,1H3/q-1. The normalized spacial score (nSPS) is 9.70. The highest BCUT2D eigenvalue weighted by Gasteiger charge is 1.84. The Hall–Kier alpha value is -0.890. The van der Waals surface area contributed by atoms with Gasteiger partial charge in [0.15, 0.2) is 0 Å². The monoisotopic (exact) mass is 135 g/mol. The molecule has 1 aromatic heterocycles. The first kappa shape index (κ1) is 7.22. The Morgan fingerprint density at radius 1 is 1.50 bits per heavy atom. The molecule has 0 amide bonds. The topological polar surface area (TPSA) is 27.0 Å². The highest BCUT2D eigenvalue weighted by Crippen LogP contribution is 1.95. The van der Waals surface area contributed by atoms with E-state index in [4.69, 9.17) is 0 Å². The van der Waals surface area contributed by atoms with Crippen LogP contribution in [0.2, 0.25) is 0 Å². The second kappa shape index (κ2) is 4.01. The van der Waals surface area contributed by atoms with Crippen molar-refractivity contribution in [2.45, 2.75) is 6.42 Å². The number of hydrogen-bond acceptors (Lipinski definition) is 1. The van der Waals surface area contributed by atoms with Crippen LogP contribution in [0.4, 0.5) is 0 Å². The van der Waals surface area contributed by atoms with E-state index in [0.717, 1.165) is 18.7 Å². The zero-order chi connectivity index (χ0) is 7.23. The predicted octanol–water partition coefficient (Wildman–Crippen LogP) is 1.63. The summed E-state index contributed by atoms with van der Waals surface area (Å²) < 4.78 is 0. The van der Waals surface area contributed by atoms with E-state index in [1.54, 1.807) is 0 Å². The Labute approximate surface area is 61.3 Å². The zero-order valence-electron chi connectivity index (χ0n) is 6.12. The third kappa shape index (κ3) is 2.15. The van der Waals surface area contributed by atoms with Gasteiger partial charge in [-0.15, -0.1) is 6.54 Å². The lowest BCUT2D eigenvalue weighted by atomic mass is 10.3. The molecule has 0 aliphatic carbocycles. The first-order valence-corrected chi connectivity index (χ1v) is 3.39. The van der Waals surface area contributed by atoms with Crippen LogP contribution in [0.5, 0.6) is 0 Å². The molecule has 0 aliphatic heterocycles. The van der Waals surface area contributed by atoms with Crippen molar-refractivity contribution in [3.63, 3.8) is 0 Å². The Morgan fingerprint density at radius 3 is 3.00 bits per heavy atom. The van der Waals surface area contributed by atoms with E-state index < -0.39 is 0 Å². The first-order valence-electron chi connectivity index (χ1n) is 3.39. The van der Waals surface area contributed by atoms with Gasteiger partial charge in [0, 0.05) is 11.9 Å². The van der Waals surface area contributed by atoms with Crippen molar-refractivity contribution < 1.29 is 0 Å². The second-order valence-corrected chi connectivity index (χ2v) is 2.11. The molecule has 0 spiro atoms. The summed E-state index contributed by atoms with van der Waals surface area (Å²) in [6, 6.07) is 5.94. The maximum atomic E-state index is 4.16. The zero-order valence-corrected chi connectivity index (χ0v) is 6.12. The number of pyridine rings is 1. The van der Waals surface area contributed by atoms with Crippen LogP contribution in [-0.2, 0) is 6.42 Å². The average Bonchev–Trinajstić information content (AvgIpc) is 2.03. The summed E-state index contributed by atoms with van der Waals surface area (Å²) in [5, 5.41) is 3.99. The van der Waals surface area contributed by atoms with Crippen LogP contribution < -0.4 is 0 Å². The summed E-state index contributed by atoms with van der Waals surface area (Å²) >= 11 is 0. The molecule has 2 nitrogen and oxygen atoms in total. The molecule has 0 saturated heterocycles. The molecule has 0 fully saturated rings. The van der Waals surface area contributed by atoms with Crippen LogP contribution in [0.3, 0.4) is 0 Å². The molecule has 0 bridgehead atoms. The van der Waals surface area contributed by atoms with Gasteiger partial charge in [0.05, 0.1) is 0 Å². The maximum Gasteiger partial charge on any atom is 0.0386 e. The Balaban J connectivity index is 2.43. The molecule has 0 N–H and O–H groups in total. The van der Waals surface area contributed by atoms with Crippen LogP contribution in [0.25, 0.3) is 5.32 Å². The summed E-state index contributed by atoms with van der Waals surface area (Å²) in [5.74, 6) is 0. The fourth-order valence-electron chi connectivity index (χ4n) is 0.772. The highest BCUT2D eigenvalue weighted by molar-refractivity contribution is 5.04. The molecule has 1 aromatic rings. The Bertz CT molecular complexity index is 172. The van der Waals surface area contributed by atoms with Gasteiger partial charge in [-0.05, 0) is 18.6 Å². The number of rotatable bonds is 3. The van der Waals surface area contributed by atoms with Gasteiger partial charge >= 0.3 is 0 Å². The van der Waals surface area contributed by atoms with Crippen LogP contribution in [0.15, 0.2) is 24.4 Å². The second-order valence-electron chi connectivity index (χ2n) is 2.11. The van der Waals surface area contributed by atoms with E-state index in [1.165, 1.54) is 0 Å². The van der Waals surface area contributed by atoms with E-state index in [0.29, 0.717) is 0 Å².